The van der Waals surface area contributed by atoms with E-state index in [-0.39, 0.29) is 27.5 Å². The monoisotopic (exact) mass is 545 g/mol. The van der Waals surface area contributed by atoms with Gasteiger partial charge in [-0.05, 0) is 71.6 Å². The number of carbonyl (C=O) groups excluding carboxylic acids is 2. The molecule has 0 bridgehead atoms. The lowest BCUT2D eigenvalue weighted by Crippen LogP contribution is -2.39. The molecule has 4 aromatic carbocycles. The molecule has 4 aromatic rings. The lowest BCUT2D eigenvalue weighted by Gasteiger charge is -2.23. The molecule has 1 amide bonds. The minimum absolute atomic E-state index is 0.0143. The van der Waals surface area contributed by atoms with Crippen molar-refractivity contribution in [1.29, 1.82) is 0 Å². The van der Waals surface area contributed by atoms with Gasteiger partial charge in [0, 0.05) is 0 Å². The van der Waals surface area contributed by atoms with Crippen LogP contribution >= 0.6 is 0 Å². The third-order valence-corrected chi connectivity index (χ3v) is 7.30. The molecule has 200 valence electrons. The maximum absolute atomic E-state index is 13.7. The molecule has 0 spiro atoms. The van der Waals surface area contributed by atoms with E-state index in [1.54, 1.807) is 60.7 Å². The van der Waals surface area contributed by atoms with E-state index in [2.05, 4.69) is 0 Å². The van der Waals surface area contributed by atoms with Crippen LogP contribution in [0.1, 0.15) is 26.3 Å². The van der Waals surface area contributed by atoms with Crippen LogP contribution in [0, 0.1) is 0 Å². The Morgan fingerprint density at radius 3 is 1.56 bits per heavy atom. The van der Waals surface area contributed by atoms with Crippen LogP contribution in [0.5, 0.6) is 17.2 Å². The normalized spacial score (nSPS) is 11.4. The molecule has 0 radical (unpaired) electrons. The molecule has 39 heavy (non-hydrogen) atoms. The van der Waals surface area contributed by atoms with E-state index in [9.17, 15) is 18.0 Å². The second kappa shape index (κ2) is 11.4. The molecule has 9 heteroatoms. The molecular weight excluding hydrogens is 518 g/mol. The number of benzene rings is 4. The van der Waals surface area contributed by atoms with Crippen molar-refractivity contribution in [2.45, 2.75) is 31.1 Å². The molecule has 0 heterocycles. The molecule has 0 N–H and O–H groups in total. The molecule has 0 unspecified atom stereocenters. The van der Waals surface area contributed by atoms with Crippen LogP contribution in [0.2, 0.25) is 0 Å². The van der Waals surface area contributed by atoms with Gasteiger partial charge in [-0.3, -0.25) is 0 Å². The molecular formula is C30H27NO7S. The van der Waals surface area contributed by atoms with Gasteiger partial charge < -0.3 is 14.2 Å². The van der Waals surface area contributed by atoms with Crippen LogP contribution in [0.25, 0.3) is 0 Å². The molecule has 8 nitrogen and oxygen atoms in total. The van der Waals surface area contributed by atoms with Gasteiger partial charge in [0.2, 0.25) is 0 Å². The first-order valence-corrected chi connectivity index (χ1v) is 13.5. The van der Waals surface area contributed by atoms with E-state index in [0.29, 0.717) is 10.1 Å². The Kier molecular flexibility index (Phi) is 8.01. The molecule has 0 atom stereocenters. The van der Waals surface area contributed by atoms with Crippen LogP contribution in [0.15, 0.2) is 114 Å². The van der Waals surface area contributed by atoms with Crippen LogP contribution in [-0.2, 0) is 15.4 Å². The largest absolute Gasteiger partial charge is 0.519 e. The Morgan fingerprint density at radius 1 is 0.615 bits per heavy atom. The van der Waals surface area contributed by atoms with Gasteiger partial charge in [0.25, 0.3) is 10.0 Å². The Hall–Kier alpha value is -4.63. The highest BCUT2D eigenvalue weighted by atomic mass is 32.2. The van der Waals surface area contributed by atoms with Crippen LogP contribution < -0.4 is 18.5 Å². The number of ether oxygens (including phenoxy) is 3. The predicted molar refractivity (Wildman–Crippen MR) is 147 cm³/mol. The van der Waals surface area contributed by atoms with Gasteiger partial charge in [0.15, 0.2) is 0 Å². The number of sulfonamides is 1. The van der Waals surface area contributed by atoms with E-state index in [0.717, 1.165) is 5.56 Å². The van der Waals surface area contributed by atoms with Crippen LogP contribution in [0.3, 0.4) is 0 Å². The second-order valence-electron chi connectivity index (χ2n) is 9.49. The smallest absolute Gasteiger partial charge is 0.409 e. The van der Waals surface area contributed by atoms with Gasteiger partial charge in [-0.1, -0.05) is 69.3 Å². The highest BCUT2D eigenvalue weighted by Crippen LogP contribution is 2.29. The van der Waals surface area contributed by atoms with Crippen molar-refractivity contribution in [3.63, 3.8) is 0 Å². The van der Waals surface area contributed by atoms with E-state index in [1.165, 1.54) is 48.5 Å². The third kappa shape index (κ3) is 6.82. The maximum atomic E-state index is 13.7. The summed E-state index contributed by atoms with van der Waals surface area (Å²) in [7, 11) is -4.39. The van der Waals surface area contributed by atoms with Crippen LogP contribution in [0.4, 0.5) is 15.3 Å². The number of nitrogens with zero attached hydrogens (tertiary/aromatic N) is 1. The second-order valence-corrected chi connectivity index (χ2v) is 11.3. The summed E-state index contributed by atoms with van der Waals surface area (Å²) in [5, 5.41) is 0. The third-order valence-electron chi connectivity index (χ3n) is 5.59. The quantitative estimate of drug-likeness (QED) is 0.191. The van der Waals surface area contributed by atoms with Crippen molar-refractivity contribution in [3.8, 4) is 17.2 Å². The number of hydrogen-bond acceptors (Lipinski definition) is 7. The van der Waals surface area contributed by atoms with E-state index in [4.69, 9.17) is 14.2 Å². The zero-order valence-electron chi connectivity index (χ0n) is 21.6. The van der Waals surface area contributed by atoms with Crippen molar-refractivity contribution < 1.29 is 32.2 Å². The first-order chi connectivity index (χ1) is 18.5. The Morgan fingerprint density at radius 2 is 1.08 bits per heavy atom. The summed E-state index contributed by atoms with van der Waals surface area (Å²) < 4.78 is 43.7. The summed E-state index contributed by atoms with van der Waals surface area (Å²) >= 11 is 0. The number of carbonyl (C=O) groups is 2. The van der Waals surface area contributed by atoms with Gasteiger partial charge in [-0.15, -0.1) is 0 Å². The molecule has 4 rings (SSSR count). The maximum Gasteiger partial charge on any atom is 0.519 e. The number of amides is 1. The Bertz CT molecular complexity index is 1530. The zero-order valence-corrected chi connectivity index (χ0v) is 22.4. The summed E-state index contributed by atoms with van der Waals surface area (Å²) in [5.41, 5.74) is 0.731. The fourth-order valence-corrected chi connectivity index (χ4v) is 4.88. The Balaban J connectivity index is 1.62. The number of hydrogen-bond donors (Lipinski definition) is 0. The average Bonchev–Trinajstić information content (AvgIpc) is 2.90. The summed E-state index contributed by atoms with van der Waals surface area (Å²) in [4.78, 5) is 25.3. The van der Waals surface area contributed by atoms with Crippen molar-refractivity contribution in [3.05, 3.63) is 115 Å². The van der Waals surface area contributed by atoms with Crippen molar-refractivity contribution in [1.82, 2.24) is 0 Å². The first kappa shape index (κ1) is 27.4. The highest BCUT2D eigenvalue weighted by molar-refractivity contribution is 7.93. The van der Waals surface area contributed by atoms with Crippen molar-refractivity contribution in [2.75, 3.05) is 4.31 Å². The minimum Gasteiger partial charge on any atom is -0.409 e. The lowest BCUT2D eigenvalue weighted by atomic mass is 9.87. The van der Waals surface area contributed by atoms with Gasteiger partial charge in [0.05, 0.1) is 10.6 Å². The van der Waals surface area contributed by atoms with Crippen molar-refractivity contribution >= 4 is 28.0 Å². The molecule has 0 aliphatic carbocycles. The van der Waals surface area contributed by atoms with E-state index >= 15 is 0 Å². The molecule has 0 fully saturated rings. The first-order valence-electron chi connectivity index (χ1n) is 12.0. The predicted octanol–water partition coefficient (Wildman–Crippen LogP) is 6.96. The SMILES string of the molecule is CC(C)(C)c1ccc(S(=O)(=O)N(C(=O)Oc2ccccc2)c2ccc(OC(=O)Oc3ccccc3)cc2)cc1. The van der Waals surface area contributed by atoms with Crippen LogP contribution in [-0.4, -0.2) is 20.7 Å². The average molecular weight is 546 g/mol. The van der Waals surface area contributed by atoms with E-state index < -0.39 is 22.3 Å². The molecule has 0 aromatic heterocycles. The highest BCUT2D eigenvalue weighted by Gasteiger charge is 2.33. The summed E-state index contributed by atoms with van der Waals surface area (Å²) in [6.07, 6.45) is -2.10. The minimum atomic E-state index is -4.39. The molecule has 0 aliphatic rings. The van der Waals surface area contributed by atoms with Gasteiger partial charge in [0.1, 0.15) is 17.2 Å². The lowest BCUT2D eigenvalue weighted by molar-refractivity contribution is 0.152. The molecule has 0 saturated carbocycles. The zero-order chi connectivity index (χ0) is 28.0. The van der Waals surface area contributed by atoms with Gasteiger partial charge in [-0.2, -0.15) is 4.31 Å². The summed E-state index contributed by atoms with van der Waals surface area (Å²) in [6.45, 7) is 6.04. The topological polar surface area (TPSA) is 99.2 Å². The van der Waals surface area contributed by atoms with Gasteiger partial charge >= 0.3 is 12.2 Å². The summed E-state index contributed by atoms with van der Waals surface area (Å²) in [6, 6.07) is 28.2. The molecule has 0 aliphatic heterocycles. The van der Waals surface area contributed by atoms with E-state index in [1.807, 2.05) is 20.8 Å². The van der Waals surface area contributed by atoms with Gasteiger partial charge in [-0.25, -0.2) is 18.0 Å². The standard InChI is InChI=1S/C30H27NO7S/c1-30(2,3)22-14-20-27(21-15-22)39(34,35)31(28(32)36-24-10-6-4-7-11-24)23-16-18-26(19-17-23)38-29(33)37-25-12-8-5-9-13-25/h4-21H,1-3H3. The Labute approximate surface area is 227 Å². The number of rotatable bonds is 6. The van der Waals surface area contributed by atoms with Crippen molar-refractivity contribution in [2.24, 2.45) is 0 Å². The molecule has 0 saturated heterocycles. The summed E-state index contributed by atoms with van der Waals surface area (Å²) in [5.74, 6) is 0.565. The number of para-hydroxylation sites is 2. The fourth-order valence-electron chi connectivity index (χ4n) is 3.56. The number of anilines is 1. The fraction of sp³-hybridized carbons (Fsp3) is 0.133.